The average molecular weight is 294 g/mol. The molecule has 0 bridgehead atoms. The zero-order valence-corrected chi connectivity index (χ0v) is 13.1. The molecule has 0 aromatic carbocycles. The molecule has 1 N–H and O–H groups in total. The molecule has 5 nitrogen and oxygen atoms in total. The average Bonchev–Trinajstić information content (AvgIpc) is 3.24. The lowest BCUT2D eigenvalue weighted by molar-refractivity contribution is -0.136. The number of carboxylic acid groups (broad SMARTS) is 1. The summed E-state index contributed by atoms with van der Waals surface area (Å²) in [5.74, 6) is 6.68. The Balaban J connectivity index is 0.000000677. The summed E-state index contributed by atoms with van der Waals surface area (Å²) in [6.07, 6.45) is 4.16. The van der Waals surface area contributed by atoms with Crippen molar-refractivity contribution in [3.63, 3.8) is 0 Å². The number of nitrogens with zero attached hydrogens (tertiary/aromatic N) is 2. The van der Waals surface area contributed by atoms with E-state index in [2.05, 4.69) is 35.5 Å². The molecule has 0 radical (unpaired) electrons. The van der Waals surface area contributed by atoms with Gasteiger partial charge in [0, 0.05) is 38.0 Å². The lowest BCUT2D eigenvalue weighted by atomic mass is 10.1. The van der Waals surface area contributed by atoms with E-state index >= 15 is 0 Å². The Morgan fingerprint density at radius 3 is 2.48 bits per heavy atom. The number of carbonyl (C=O) groups is 2. The van der Waals surface area contributed by atoms with E-state index in [0.29, 0.717) is 5.91 Å². The van der Waals surface area contributed by atoms with Crippen molar-refractivity contribution in [3.8, 4) is 11.8 Å². The second kappa shape index (κ2) is 8.68. The molecule has 1 heterocycles. The zero-order chi connectivity index (χ0) is 15.7. The number of hydrogen-bond donors (Lipinski definition) is 1. The number of amides is 1. The van der Waals surface area contributed by atoms with Crippen LogP contribution >= 0.6 is 0 Å². The third kappa shape index (κ3) is 5.76. The van der Waals surface area contributed by atoms with Gasteiger partial charge in [-0.05, 0) is 19.3 Å². The Bertz CT molecular complexity index is 407. The van der Waals surface area contributed by atoms with Crippen LogP contribution in [-0.2, 0) is 9.59 Å². The molecule has 2 aliphatic rings. The van der Waals surface area contributed by atoms with Crippen molar-refractivity contribution in [1.29, 1.82) is 0 Å². The maximum absolute atomic E-state index is 12.3. The molecular formula is C16H26N2O3. The van der Waals surface area contributed by atoms with Gasteiger partial charge in [0.25, 0.3) is 6.47 Å². The predicted molar refractivity (Wildman–Crippen MR) is 81.7 cm³/mol. The predicted octanol–water partition coefficient (Wildman–Crippen LogP) is 1.43. The number of rotatable bonds is 2. The van der Waals surface area contributed by atoms with Gasteiger partial charge in [-0.2, -0.15) is 0 Å². The van der Waals surface area contributed by atoms with Crippen molar-refractivity contribution in [3.05, 3.63) is 0 Å². The van der Waals surface area contributed by atoms with Gasteiger partial charge in [-0.25, -0.2) is 0 Å². The van der Waals surface area contributed by atoms with Crippen LogP contribution in [0, 0.1) is 17.3 Å². The molecule has 0 aromatic rings. The molecule has 2 fully saturated rings. The summed E-state index contributed by atoms with van der Waals surface area (Å²) in [6.45, 7) is 8.62. The molecule has 1 aliphatic carbocycles. The van der Waals surface area contributed by atoms with Crippen LogP contribution in [0.15, 0.2) is 0 Å². The summed E-state index contributed by atoms with van der Waals surface area (Å²) < 4.78 is 0. The van der Waals surface area contributed by atoms with Crippen molar-refractivity contribution in [1.82, 2.24) is 9.80 Å². The van der Waals surface area contributed by atoms with Crippen molar-refractivity contribution < 1.29 is 14.7 Å². The largest absolute Gasteiger partial charge is 0.483 e. The van der Waals surface area contributed by atoms with Gasteiger partial charge >= 0.3 is 0 Å². The van der Waals surface area contributed by atoms with Gasteiger partial charge in [0.05, 0.1) is 6.54 Å². The summed E-state index contributed by atoms with van der Waals surface area (Å²) in [5, 5.41) is 6.89. The van der Waals surface area contributed by atoms with E-state index in [9.17, 15) is 4.79 Å². The Hall–Kier alpha value is -1.54. The molecule has 21 heavy (non-hydrogen) atoms. The second-order valence-electron chi connectivity index (χ2n) is 5.80. The van der Waals surface area contributed by atoms with E-state index in [1.807, 2.05) is 0 Å². The van der Waals surface area contributed by atoms with Crippen LogP contribution in [0.5, 0.6) is 0 Å². The molecule has 1 saturated heterocycles. The second-order valence-corrected chi connectivity index (χ2v) is 5.80. The zero-order valence-electron chi connectivity index (χ0n) is 13.1. The topological polar surface area (TPSA) is 60.9 Å². The van der Waals surface area contributed by atoms with E-state index in [-0.39, 0.29) is 11.9 Å². The molecule has 0 unspecified atom stereocenters. The fourth-order valence-electron chi connectivity index (χ4n) is 2.41. The van der Waals surface area contributed by atoms with E-state index in [0.717, 1.165) is 58.4 Å². The third-order valence-electron chi connectivity index (χ3n) is 4.00. The lowest BCUT2D eigenvalue weighted by Gasteiger charge is -2.24. The first-order valence-electron chi connectivity index (χ1n) is 7.62. The van der Waals surface area contributed by atoms with Crippen molar-refractivity contribution in [2.45, 2.75) is 39.5 Å². The molecule has 0 aromatic heterocycles. The van der Waals surface area contributed by atoms with E-state index < -0.39 is 0 Å². The Morgan fingerprint density at radius 2 is 1.90 bits per heavy atom. The Labute approximate surface area is 127 Å². The summed E-state index contributed by atoms with van der Waals surface area (Å²) in [7, 11) is 0. The first-order chi connectivity index (χ1) is 10.1. The van der Waals surface area contributed by atoms with Gasteiger partial charge in [0.2, 0.25) is 5.91 Å². The Morgan fingerprint density at radius 1 is 1.24 bits per heavy atom. The number of hydrogen-bond acceptors (Lipinski definition) is 3. The van der Waals surface area contributed by atoms with Crippen molar-refractivity contribution >= 4 is 12.4 Å². The van der Waals surface area contributed by atoms with Crippen molar-refractivity contribution in [2.75, 3.05) is 32.7 Å². The van der Waals surface area contributed by atoms with E-state index in [1.54, 1.807) is 0 Å². The maximum atomic E-state index is 12.3. The normalized spacial score (nSPS) is 20.2. The van der Waals surface area contributed by atoms with Crippen LogP contribution < -0.4 is 0 Å². The molecule has 1 saturated carbocycles. The molecule has 0 spiro atoms. The molecule has 118 valence electrons. The minimum atomic E-state index is -0.250. The van der Waals surface area contributed by atoms with Crippen molar-refractivity contribution in [2.24, 2.45) is 5.41 Å². The highest BCUT2D eigenvalue weighted by Crippen LogP contribution is 2.46. The standard InChI is InChI=1S/C15H24N2O.CH2O2/c1-3-4-5-9-16-10-6-11-17(13-12-16)14(18)15(2)7-8-15;2-1-3/h3,6-13H2,1-2H3;1H,(H,2,3). The van der Waals surface area contributed by atoms with Gasteiger partial charge in [0.1, 0.15) is 0 Å². The smallest absolute Gasteiger partial charge is 0.290 e. The van der Waals surface area contributed by atoms with Crippen LogP contribution in [0.1, 0.15) is 39.5 Å². The molecule has 0 atom stereocenters. The molecule has 5 heteroatoms. The van der Waals surface area contributed by atoms with Crippen LogP contribution in [-0.4, -0.2) is 60.0 Å². The van der Waals surface area contributed by atoms with Gasteiger partial charge in [-0.1, -0.05) is 19.8 Å². The van der Waals surface area contributed by atoms with Gasteiger partial charge in [-0.15, -0.1) is 5.92 Å². The molecule has 1 amide bonds. The highest BCUT2D eigenvalue weighted by Gasteiger charge is 2.47. The summed E-state index contributed by atoms with van der Waals surface area (Å²) >= 11 is 0. The summed E-state index contributed by atoms with van der Waals surface area (Å²) in [6, 6.07) is 0. The van der Waals surface area contributed by atoms with Crippen LogP contribution in [0.3, 0.4) is 0 Å². The third-order valence-corrected chi connectivity index (χ3v) is 4.00. The summed E-state index contributed by atoms with van der Waals surface area (Å²) in [5.41, 5.74) is -0.0167. The van der Waals surface area contributed by atoms with E-state index in [1.165, 1.54) is 0 Å². The minimum absolute atomic E-state index is 0.0167. The number of carbonyl (C=O) groups excluding carboxylic acids is 1. The SMILES string of the molecule is CCC#CCN1CCCN(C(=O)C2(C)CC2)CC1.O=CO. The van der Waals surface area contributed by atoms with Gasteiger partial charge in [-0.3, -0.25) is 14.5 Å². The van der Waals surface area contributed by atoms with Crippen LogP contribution in [0.2, 0.25) is 0 Å². The Kier molecular flexibility index (Phi) is 7.24. The quantitative estimate of drug-likeness (QED) is 0.618. The fourth-order valence-corrected chi connectivity index (χ4v) is 2.41. The molecule has 2 rings (SSSR count). The first kappa shape index (κ1) is 17.5. The maximum Gasteiger partial charge on any atom is 0.290 e. The fraction of sp³-hybridized carbons (Fsp3) is 0.750. The first-order valence-corrected chi connectivity index (χ1v) is 7.62. The monoisotopic (exact) mass is 294 g/mol. The molecular weight excluding hydrogens is 268 g/mol. The highest BCUT2D eigenvalue weighted by atomic mass is 16.3. The van der Waals surface area contributed by atoms with Crippen LogP contribution in [0.25, 0.3) is 0 Å². The van der Waals surface area contributed by atoms with Gasteiger partial charge < -0.3 is 10.0 Å². The minimum Gasteiger partial charge on any atom is -0.483 e. The van der Waals surface area contributed by atoms with Gasteiger partial charge in [0.15, 0.2) is 0 Å². The van der Waals surface area contributed by atoms with E-state index in [4.69, 9.17) is 9.90 Å². The summed E-state index contributed by atoms with van der Waals surface area (Å²) in [4.78, 5) is 25.1. The molecule has 1 aliphatic heterocycles. The van der Waals surface area contributed by atoms with Crippen LogP contribution in [0.4, 0.5) is 0 Å². The highest BCUT2D eigenvalue weighted by molar-refractivity contribution is 5.84. The lowest BCUT2D eigenvalue weighted by Crippen LogP contribution is -2.39.